The van der Waals surface area contributed by atoms with Crippen molar-refractivity contribution in [2.75, 3.05) is 21.3 Å². The maximum atomic E-state index is 14.0. The van der Waals surface area contributed by atoms with Crippen molar-refractivity contribution in [1.82, 2.24) is 0 Å². The van der Waals surface area contributed by atoms with Crippen LogP contribution in [-0.4, -0.2) is 74.2 Å². The van der Waals surface area contributed by atoms with Crippen LogP contribution in [-0.2, 0) is 31.7 Å². The highest BCUT2D eigenvalue weighted by atomic mass is 28.5. The van der Waals surface area contributed by atoms with Gasteiger partial charge in [0.15, 0.2) is 0 Å². The Morgan fingerprint density at radius 3 is 2.19 bits per heavy atom. The van der Waals surface area contributed by atoms with Gasteiger partial charge in [0, 0.05) is 27.4 Å². The molecule has 1 heterocycles. The van der Waals surface area contributed by atoms with Crippen LogP contribution in [0.1, 0.15) is 163 Å². The molecule has 16 atom stereocenters. The van der Waals surface area contributed by atoms with Crippen molar-refractivity contribution in [2.24, 2.45) is 70.0 Å². The third-order valence-corrected chi connectivity index (χ3v) is 25.9. The molecule has 16 unspecified atom stereocenters. The topological polar surface area (TPSA) is 96.0 Å². The molecule has 0 amide bonds. The normalized spacial score (nSPS) is 42.7. The van der Waals surface area contributed by atoms with E-state index in [2.05, 4.69) is 41.2 Å². The number of ether oxygens (including phenoxy) is 2. The van der Waals surface area contributed by atoms with E-state index >= 15 is 0 Å². The Kier molecular flexibility index (Phi) is 14.8. The first-order valence-corrected chi connectivity index (χ1v) is 29.0. The molecule has 6 aliphatic carbocycles. The fraction of sp³-hybridized carbons (Fsp3) is 0.979. The number of carbonyl (C=O) groups excluding carboxylic acids is 1. The summed E-state index contributed by atoms with van der Waals surface area (Å²) < 4.78 is 37.3. The molecule has 58 heavy (non-hydrogen) atoms. The maximum absolute atomic E-state index is 14.0. The standard InChI is InChI=1S/C48H86O8Si2/c1-32(2)11-10-12-33(3)39-17-18-40-38-16-15-37-31-36(21-25-47(37,4)41(38)22-26-48(39,40)5)46(50)55-44-29-34(13-19-42(44)49)23-27-57(9,51-6)56-58(52-7,53-8)28-24-35-14-20-43-45(30-35)54-43/h32-45,49H,10-31H2,1-9H3. The highest BCUT2D eigenvalue weighted by molar-refractivity contribution is 6.77. The molecule has 7 aliphatic rings. The van der Waals surface area contributed by atoms with Crippen LogP contribution in [0.3, 0.4) is 0 Å². The number of aliphatic hydroxyl groups excluding tert-OH is 1. The van der Waals surface area contributed by atoms with Gasteiger partial charge in [0.2, 0.25) is 0 Å². The van der Waals surface area contributed by atoms with Gasteiger partial charge in [-0.1, -0.05) is 53.9 Å². The van der Waals surface area contributed by atoms with Crippen molar-refractivity contribution in [3.8, 4) is 0 Å². The van der Waals surface area contributed by atoms with Gasteiger partial charge in [-0.3, -0.25) is 4.79 Å². The third kappa shape index (κ3) is 9.74. The lowest BCUT2D eigenvalue weighted by Crippen LogP contribution is -2.55. The maximum Gasteiger partial charge on any atom is 0.491 e. The average molecular weight is 847 g/mol. The summed E-state index contributed by atoms with van der Waals surface area (Å²) in [7, 11) is -0.306. The average Bonchev–Trinajstić information content (AvgIpc) is 3.90. The fourth-order valence-electron chi connectivity index (χ4n) is 14.9. The quantitative estimate of drug-likeness (QED) is 0.0828. The van der Waals surface area contributed by atoms with Crippen molar-refractivity contribution >= 4 is 23.3 Å². The Morgan fingerprint density at radius 1 is 0.759 bits per heavy atom. The molecule has 1 saturated heterocycles. The Hall–Kier alpha value is -0.336. The lowest BCUT2D eigenvalue weighted by molar-refractivity contribution is -0.171. The van der Waals surface area contributed by atoms with E-state index in [1.54, 1.807) is 21.3 Å². The summed E-state index contributed by atoms with van der Waals surface area (Å²) in [5.41, 5.74) is 0.859. The molecule has 0 aromatic heterocycles. The zero-order valence-electron chi connectivity index (χ0n) is 38.4. The van der Waals surface area contributed by atoms with E-state index in [1.807, 2.05) is 0 Å². The zero-order chi connectivity index (χ0) is 41.5. The largest absolute Gasteiger partial charge is 0.491 e. The van der Waals surface area contributed by atoms with Crippen molar-refractivity contribution in [2.45, 2.75) is 206 Å². The summed E-state index contributed by atoms with van der Waals surface area (Å²) in [6, 6.07) is 1.61. The van der Waals surface area contributed by atoms with Crippen molar-refractivity contribution in [3.63, 3.8) is 0 Å². The van der Waals surface area contributed by atoms with Gasteiger partial charge in [-0.2, -0.15) is 0 Å². The summed E-state index contributed by atoms with van der Waals surface area (Å²) >= 11 is 0. The van der Waals surface area contributed by atoms with Crippen LogP contribution < -0.4 is 0 Å². The predicted octanol–water partition coefficient (Wildman–Crippen LogP) is 11.1. The summed E-state index contributed by atoms with van der Waals surface area (Å²) in [5, 5.41) is 11.1. The molecule has 0 aromatic rings. The van der Waals surface area contributed by atoms with Crippen LogP contribution >= 0.6 is 0 Å². The second kappa shape index (κ2) is 18.8. The van der Waals surface area contributed by atoms with E-state index in [0.29, 0.717) is 53.6 Å². The highest BCUT2D eigenvalue weighted by Gasteiger charge is 2.61. The number of carbonyl (C=O) groups is 1. The minimum absolute atomic E-state index is 0.0378. The van der Waals surface area contributed by atoms with Gasteiger partial charge in [-0.15, -0.1) is 0 Å². The predicted molar refractivity (Wildman–Crippen MR) is 234 cm³/mol. The van der Waals surface area contributed by atoms with Gasteiger partial charge in [-0.05, 0) is 186 Å². The number of hydrogen-bond donors (Lipinski definition) is 1. The van der Waals surface area contributed by atoms with E-state index < -0.39 is 29.6 Å². The first-order valence-electron chi connectivity index (χ1n) is 24.5. The zero-order valence-corrected chi connectivity index (χ0v) is 40.4. The fourth-order valence-corrected chi connectivity index (χ4v) is 21.8. The molecule has 0 radical (unpaired) electrons. The molecule has 0 bridgehead atoms. The number of hydrogen-bond acceptors (Lipinski definition) is 8. The smallest absolute Gasteiger partial charge is 0.459 e. The molecule has 6 saturated carbocycles. The first-order chi connectivity index (χ1) is 27.6. The summed E-state index contributed by atoms with van der Waals surface area (Å²) in [6.07, 6.45) is 23.3. The SMILES string of the molecule is CO[Si](C)(CCC1CCC(O)C(OC(=O)C2CCC3(C)C(CCC4C3CCC3(C)C(C(C)CCCC(C)C)CCC43)C2)C1)O[Si](CCC1CCC2OC2C1)(OC)OC. The van der Waals surface area contributed by atoms with Crippen LogP contribution in [0.2, 0.25) is 18.6 Å². The van der Waals surface area contributed by atoms with Gasteiger partial charge in [-0.25, -0.2) is 0 Å². The van der Waals surface area contributed by atoms with E-state index in [9.17, 15) is 9.90 Å². The van der Waals surface area contributed by atoms with Crippen LogP contribution in [0.4, 0.5) is 0 Å². The number of rotatable bonds is 18. The summed E-state index contributed by atoms with van der Waals surface area (Å²) in [5.74, 6) is 6.61. The Balaban J connectivity index is 0.890. The van der Waals surface area contributed by atoms with Gasteiger partial charge < -0.3 is 32.0 Å². The molecular formula is C48H86O8Si2. The van der Waals surface area contributed by atoms with E-state index in [0.717, 1.165) is 92.5 Å². The summed E-state index contributed by atoms with van der Waals surface area (Å²) in [4.78, 5) is 14.0. The lowest BCUT2D eigenvalue weighted by Gasteiger charge is -2.61. The highest BCUT2D eigenvalue weighted by Crippen LogP contribution is 2.69. The third-order valence-electron chi connectivity index (χ3n) is 18.7. The van der Waals surface area contributed by atoms with Crippen molar-refractivity contribution < 1.29 is 36.8 Å². The van der Waals surface area contributed by atoms with Gasteiger partial charge in [0.25, 0.3) is 0 Å². The molecule has 10 heteroatoms. The minimum Gasteiger partial charge on any atom is -0.459 e. The van der Waals surface area contributed by atoms with Crippen molar-refractivity contribution in [3.05, 3.63) is 0 Å². The van der Waals surface area contributed by atoms with Crippen LogP contribution in [0.5, 0.6) is 0 Å². The second-order valence-electron chi connectivity index (χ2n) is 22.4. The molecule has 8 nitrogen and oxygen atoms in total. The first kappa shape index (κ1) is 45.7. The molecule has 0 aromatic carbocycles. The molecular weight excluding hydrogens is 761 g/mol. The number of esters is 1. The van der Waals surface area contributed by atoms with Crippen molar-refractivity contribution in [1.29, 1.82) is 0 Å². The number of fused-ring (bicyclic) bond motifs is 6. The molecule has 1 N–H and O–H groups in total. The molecule has 1 aliphatic heterocycles. The Labute approximate surface area is 356 Å². The Bertz CT molecular complexity index is 1360. The van der Waals surface area contributed by atoms with Crippen LogP contribution in [0, 0.1) is 70.0 Å². The number of epoxide rings is 1. The molecule has 0 spiro atoms. The van der Waals surface area contributed by atoms with Crippen LogP contribution in [0.15, 0.2) is 0 Å². The van der Waals surface area contributed by atoms with E-state index in [4.69, 9.17) is 26.9 Å². The van der Waals surface area contributed by atoms with Crippen LogP contribution in [0.25, 0.3) is 0 Å². The second-order valence-corrected chi connectivity index (χ2v) is 29.1. The van der Waals surface area contributed by atoms with Gasteiger partial charge in [0.05, 0.1) is 24.2 Å². The molecule has 7 fully saturated rings. The van der Waals surface area contributed by atoms with Gasteiger partial charge >= 0.3 is 23.3 Å². The van der Waals surface area contributed by atoms with E-state index in [-0.39, 0.29) is 11.9 Å². The Morgan fingerprint density at radius 2 is 1.47 bits per heavy atom. The lowest BCUT2D eigenvalue weighted by atomic mass is 9.44. The summed E-state index contributed by atoms with van der Waals surface area (Å²) in [6.45, 7) is 14.8. The molecule has 334 valence electrons. The minimum atomic E-state index is -2.91. The van der Waals surface area contributed by atoms with Gasteiger partial charge in [0.1, 0.15) is 6.10 Å². The number of aliphatic hydroxyl groups is 1. The molecule has 7 rings (SSSR count). The monoisotopic (exact) mass is 847 g/mol. The van der Waals surface area contributed by atoms with E-state index in [1.165, 1.54) is 70.6 Å².